The van der Waals surface area contributed by atoms with Crippen LogP contribution >= 0.6 is 0 Å². The van der Waals surface area contributed by atoms with Crippen molar-refractivity contribution in [2.75, 3.05) is 13.2 Å². The van der Waals surface area contributed by atoms with Gasteiger partial charge in [0, 0.05) is 11.1 Å². The zero-order valence-corrected chi connectivity index (χ0v) is 14.2. The molecule has 4 nitrogen and oxygen atoms in total. The van der Waals surface area contributed by atoms with Crippen molar-refractivity contribution in [3.8, 4) is 28.0 Å². The van der Waals surface area contributed by atoms with Crippen LogP contribution in [0.1, 0.15) is 10.4 Å². The molecule has 0 aliphatic carbocycles. The van der Waals surface area contributed by atoms with E-state index in [1.807, 2.05) is 0 Å². The minimum Gasteiger partial charge on any atom is -0.490 e. The van der Waals surface area contributed by atoms with Gasteiger partial charge in [0.2, 0.25) is 0 Å². The molecule has 3 aromatic rings. The highest BCUT2D eigenvalue weighted by molar-refractivity contribution is 5.95. The largest absolute Gasteiger partial charge is 0.490 e. The molecule has 0 aliphatic heterocycles. The zero-order chi connectivity index (χ0) is 19.4. The van der Waals surface area contributed by atoms with E-state index in [0.717, 1.165) is 0 Å². The molecule has 0 heterocycles. The molecular formula is C21H16F2O4. The third kappa shape index (κ3) is 4.12. The number of hydrogen-bond donors (Lipinski definition) is 2. The van der Waals surface area contributed by atoms with Crippen LogP contribution in [0.4, 0.5) is 8.78 Å². The fraction of sp³-hybridized carbons (Fsp3) is 0.0952. The van der Waals surface area contributed by atoms with Crippen LogP contribution in [0.15, 0.2) is 60.7 Å². The van der Waals surface area contributed by atoms with Crippen LogP contribution in [0.25, 0.3) is 22.3 Å². The minimum absolute atomic E-state index is 0.0510. The first-order valence-electron chi connectivity index (χ1n) is 8.16. The van der Waals surface area contributed by atoms with Crippen LogP contribution in [0.2, 0.25) is 0 Å². The number of benzene rings is 3. The van der Waals surface area contributed by atoms with Crippen molar-refractivity contribution in [2.45, 2.75) is 0 Å². The predicted octanol–water partition coefficient (Wildman–Crippen LogP) is 4.37. The molecule has 0 spiro atoms. The monoisotopic (exact) mass is 370 g/mol. The lowest BCUT2D eigenvalue weighted by Gasteiger charge is -2.17. The second-order valence-electron chi connectivity index (χ2n) is 5.80. The summed E-state index contributed by atoms with van der Waals surface area (Å²) < 4.78 is 33.1. The number of ether oxygens (including phenoxy) is 1. The van der Waals surface area contributed by atoms with Gasteiger partial charge in [-0.05, 0) is 47.5 Å². The average Bonchev–Trinajstić information content (AvgIpc) is 2.65. The highest BCUT2D eigenvalue weighted by atomic mass is 19.1. The Bertz CT molecular complexity index is 919. The maximum atomic E-state index is 13.7. The standard InChI is InChI=1S/C21H16F2O4/c22-16-5-1-3-13(9-16)18-11-15(21(25)26)12-19(20(18)27-8-7-24)14-4-2-6-17(23)10-14/h1-6,9-12,24H,7-8H2,(H,25,26). The summed E-state index contributed by atoms with van der Waals surface area (Å²) in [5, 5.41) is 18.6. The summed E-state index contributed by atoms with van der Waals surface area (Å²) in [7, 11) is 0. The van der Waals surface area contributed by atoms with E-state index in [9.17, 15) is 18.7 Å². The Hall–Kier alpha value is -3.25. The van der Waals surface area contributed by atoms with Gasteiger partial charge >= 0.3 is 5.97 Å². The van der Waals surface area contributed by atoms with Crippen LogP contribution in [-0.4, -0.2) is 29.4 Å². The van der Waals surface area contributed by atoms with Crippen molar-refractivity contribution >= 4 is 5.97 Å². The Morgan fingerprint density at radius 2 is 1.41 bits per heavy atom. The smallest absolute Gasteiger partial charge is 0.335 e. The van der Waals surface area contributed by atoms with Crippen LogP contribution in [0.5, 0.6) is 5.75 Å². The normalized spacial score (nSPS) is 10.6. The van der Waals surface area contributed by atoms with Gasteiger partial charge in [-0.15, -0.1) is 0 Å². The van der Waals surface area contributed by atoms with E-state index < -0.39 is 17.6 Å². The lowest BCUT2D eigenvalue weighted by molar-refractivity contribution is 0.0697. The van der Waals surface area contributed by atoms with E-state index >= 15 is 0 Å². The molecule has 0 aromatic heterocycles. The van der Waals surface area contributed by atoms with Gasteiger partial charge in [0.15, 0.2) is 0 Å². The molecule has 2 N–H and O–H groups in total. The average molecular weight is 370 g/mol. The Labute approximate surface area is 154 Å². The SMILES string of the molecule is O=C(O)c1cc(-c2cccc(F)c2)c(OCCO)c(-c2cccc(F)c2)c1. The minimum atomic E-state index is -1.18. The van der Waals surface area contributed by atoms with Gasteiger partial charge in [-0.25, -0.2) is 13.6 Å². The summed E-state index contributed by atoms with van der Waals surface area (Å²) in [5.74, 6) is -1.92. The summed E-state index contributed by atoms with van der Waals surface area (Å²) in [6, 6.07) is 14.0. The maximum absolute atomic E-state index is 13.7. The van der Waals surface area contributed by atoms with Gasteiger partial charge in [0.25, 0.3) is 0 Å². The summed E-state index contributed by atoms with van der Waals surface area (Å²) in [4.78, 5) is 11.6. The third-order valence-electron chi connectivity index (χ3n) is 3.94. The number of aliphatic hydroxyl groups excluding tert-OH is 1. The molecule has 0 saturated heterocycles. The van der Waals surface area contributed by atoms with Gasteiger partial charge in [-0.2, -0.15) is 0 Å². The molecule has 0 amide bonds. The van der Waals surface area contributed by atoms with Crippen LogP contribution in [0.3, 0.4) is 0 Å². The van der Waals surface area contributed by atoms with Gasteiger partial charge in [0.05, 0.1) is 12.2 Å². The van der Waals surface area contributed by atoms with Crippen molar-refractivity contribution in [1.82, 2.24) is 0 Å². The number of hydrogen-bond acceptors (Lipinski definition) is 3. The quantitative estimate of drug-likeness (QED) is 0.676. The Morgan fingerprint density at radius 1 is 0.889 bits per heavy atom. The summed E-state index contributed by atoms with van der Waals surface area (Å²) in [5.41, 5.74) is 1.43. The zero-order valence-electron chi connectivity index (χ0n) is 14.2. The number of aromatic carboxylic acids is 1. The van der Waals surface area contributed by atoms with Gasteiger partial charge in [0.1, 0.15) is 24.0 Å². The van der Waals surface area contributed by atoms with Crippen molar-refractivity contribution in [3.63, 3.8) is 0 Å². The summed E-state index contributed by atoms with van der Waals surface area (Å²) >= 11 is 0. The Balaban J connectivity index is 2.31. The molecule has 0 radical (unpaired) electrons. The first kappa shape index (κ1) is 18.5. The second-order valence-corrected chi connectivity index (χ2v) is 5.80. The number of carboxylic acids is 1. The van der Waals surface area contributed by atoms with E-state index in [-0.39, 0.29) is 24.5 Å². The number of aliphatic hydroxyl groups is 1. The van der Waals surface area contributed by atoms with Crippen molar-refractivity contribution in [2.24, 2.45) is 0 Å². The lowest BCUT2D eigenvalue weighted by atomic mass is 9.94. The number of carboxylic acid groups (broad SMARTS) is 1. The number of carbonyl (C=O) groups is 1. The fourth-order valence-corrected chi connectivity index (χ4v) is 2.80. The number of halogens is 2. The molecule has 0 saturated carbocycles. The first-order chi connectivity index (χ1) is 13.0. The maximum Gasteiger partial charge on any atom is 0.335 e. The van der Waals surface area contributed by atoms with Gasteiger partial charge < -0.3 is 14.9 Å². The molecule has 138 valence electrons. The fourth-order valence-electron chi connectivity index (χ4n) is 2.80. The lowest BCUT2D eigenvalue weighted by Crippen LogP contribution is -2.06. The molecule has 0 fully saturated rings. The van der Waals surface area contributed by atoms with Crippen molar-refractivity contribution in [3.05, 3.63) is 77.9 Å². The Kier molecular flexibility index (Phi) is 5.47. The molecule has 6 heteroatoms. The third-order valence-corrected chi connectivity index (χ3v) is 3.94. The highest BCUT2D eigenvalue weighted by Gasteiger charge is 2.19. The molecule has 0 aliphatic rings. The van der Waals surface area contributed by atoms with E-state index in [1.54, 1.807) is 12.1 Å². The van der Waals surface area contributed by atoms with E-state index in [1.165, 1.54) is 48.5 Å². The summed E-state index contributed by atoms with van der Waals surface area (Å²) in [6.07, 6.45) is 0. The van der Waals surface area contributed by atoms with Gasteiger partial charge in [-0.3, -0.25) is 0 Å². The Morgan fingerprint density at radius 3 is 1.81 bits per heavy atom. The molecule has 0 bridgehead atoms. The molecule has 3 aromatic carbocycles. The second kappa shape index (κ2) is 7.97. The molecule has 0 unspecified atom stereocenters. The predicted molar refractivity (Wildman–Crippen MR) is 96.8 cm³/mol. The van der Waals surface area contributed by atoms with Crippen LogP contribution in [0, 0.1) is 11.6 Å². The van der Waals surface area contributed by atoms with Crippen molar-refractivity contribution in [1.29, 1.82) is 0 Å². The first-order valence-corrected chi connectivity index (χ1v) is 8.16. The molecular weight excluding hydrogens is 354 g/mol. The van der Waals surface area contributed by atoms with Crippen molar-refractivity contribution < 1.29 is 28.5 Å². The molecule has 0 atom stereocenters. The van der Waals surface area contributed by atoms with Gasteiger partial charge in [-0.1, -0.05) is 24.3 Å². The molecule has 27 heavy (non-hydrogen) atoms. The number of rotatable bonds is 6. The topological polar surface area (TPSA) is 66.8 Å². The van der Waals surface area contributed by atoms with E-state index in [0.29, 0.717) is 22.3 Å². The van der Waals surface area contributed by atoms with Crippen LogP contribution in [-0.2, 0) is 0 Å². The molecule has 3 rings (SSSR count). The summed E-state index contributed by atoms with van der Waals surface area (Å²) in [6.45, 7) is -0.330. The van der Waals surface area contributed by atoms with E-state index in [2.05, 4.69) is 0 Å². The van der Waals surface area contributed by atoms with Crippen LogP contribution < -0.4 is 4.74 Å². The van der Waals surface area contributed by atoms with E-state index in [4.69, 9.17) is 9.84 Å². The highest BCUT2D eigenvalue weighted by Crippen LogP contribution is 2.40.